The van der Waals surface area contributed by atoms with Crippen LogP contribution >= 0.6 is 0 Å². The molecule has 1 N–H and O–H groups in total. The molecule has 0 aromatic carbocycles. The van der Waals surface area contributed by atoms with Crippen molar-refractivity contribution in [1.82, 2.24) is 9.80 Å². The zero-order valence-corrected chi connectivity index (χ0v) is 9.78. The molecule has 1 atom stereocenters. The molecular formula is C11H22N2O2. The molecule has 1 unspecified atom stereocenters. The molecule has 1 aliphatic rings. The summed E-state index contributed by atoms with van der Waals surface area (Å²) in [5.41, 5.74) is 0. The molecule has 0 aliphatic carbocycles. The fraction of sp³-hybridized carbons (Fsp3) is 0.909. The number of hydrogen-bond acceptors (Lipinski definition) is 3. The van der Waals surface area contributed by atoms with E-state index < -0.39 is 5.97 Å². The Morgan fingerprint density at radius 2 is 1.93 bits per heavy atom. The number of hydrogen-bond donors (Lipinski definition) is 1. The van der Waals surface area contributed by atoms with Crippen LogP contribution in [-0.4, -0.2) is 59.6 Å². The Balaban J connectivity index is 2.26. The van der Waals surface area contributed by atoms with E-state index in [4.69, 9.17) is 5.11 Å². The number of carbonyl (C=O) groups is 1. The molecule has 4 heteroatoms. The standard InChI is InChI=1S/C11H22N2O2/c1-3-4-5-12-6-8-13(9-7-12)10(2)11(14)15/h10H,3-9H2,1-2H3,(H,14,15). The fourth-order valence-corrected chi connectivity index (χ4v) is 1.91. The van der Waals surface area contributed by atoms with Crippen molar-refractivity contribution in [1.29, 1.82) is 0 Å². The second-order valence-electron chi connectivity index (χ2n) is 4.25. The van der Waals surface area contributed by atoms with Crippen molar-refractivity contribution in [2.45, 2.75) is 32.7 Å². The number of aliphatic carboxylic acids is 1. The minimum absolute atomic E-state index is 0.335. The lowest BCUT2D eigenvalue weighted by atomic mass is 10.2. The third kappa shape index (κ3) is 3.80. The summed E-state index contributed by atoms with van der Waals surface area (Å²) in [4.78, 5) is 15.3. The Morgan fingerprint density at radius 1 is 1.33 bits per heavy atom. The molecule has 0 radical (unpaired) electrons. The Morgan fingerprint density at radius 3 is 2.40 bits per heavy atom. The highest BCUT2D eigenvalue weighted by molar-refractivity contribution is 5.72. The third-order valence-electron chi connectivity index (χ3n) is 3.14. The van der Waals surface area contributed by atoms with Crippen LogP contribution in [0.3, 0.4) is 0 Å². The first-order valence-electron chi connectivity index (χ1n) is 5.84. The quantitative estimate of drug-likeness (QED) is 0.738. The lowest BCUT2D eigenvalue weighted by Gasteiger charge is -2.36. The number of rotatable bonds is 5. The minimum atomic E-state index is -0.711. The molecule has 4 nitrogen and oxygen atoms in total. The molecule has 0 spiro atoms. The fourth-order valence-electron chi connectivity index (χ4n) is 1.91. The van der Waals surface area contributed by atoms with Gasteiger partial charge in [0.15, 0.2) is 0 Å². The van der Waals surface area contributed by atoms with E-state index in [1.54, 1.807) is 6.92 Å². The van der Waals surface area contributed by atoms with Crippen molar-refractivity contribution >= 4 is 5.97 Å². The number of carboxylic acid groups (broad SMARTS) is 1. The van der Waals surface area contributed by atoms with Gasteiger partial charge >= 0.3 is 5.97 Å². The monoisotopic (exact) mass is 214 g/mol. The number of nitrogens with zero attached hydrogens (tertiary/aromatic N) is 2. The van der Waals surface area contributed by atoms with Crippen molar-refractivity contribution in [3.05, 3.63) is 0 Å². The van der Waals surface area contributed by atoms with Gasteiger partial charge in [0, 0.05) is 26.2 Å². The summed E-state index contributed by atoms with van der Waals surface area (Å²) in [7, 11) is 0. The van der Waals surface area contributed by atoms with Gasteiger partial charge in [0.25, 0.3) is 0 Å². The van der Waals surface area contributed by atoms with E-state index in [0.29, 0.717) is 0 Å². The van der Waals surface area contributed by atoms with Gasteiger partial charge in [-0.1, -0.05) is 13.3 Å². The first kappa shape index (κ1) is 12.5. The van der Waals surface area contributed by atoms with Gasteiger partial charge in [-0.15, -0.1) is 0 Å². The SMILES string of the molecule is CCCCN1CCN(C(C)C(=O)O)CC1. The predicted octanol–water partition coefficient (Wildman–Crippen LogP) is 0.877. The van der Waals surface area contributed by atoms with Gasteiger partial charge in [-0.3, -0.25) is 9.69 Å². The van der Waals surface area contributed by atoms with Crippen molar-refractivity contribution in [2.24, 2.45) is 0 Å². The third-order valence-corrected chi connectivity index (χ3v) is 3.14. The van der Waals surface area contributed by atoms with Gasteiger partial charge < -0.3 is 10.0 Å². The van der Waals surface area contributed by atoms with E-state index in [2.05, 4.69) is 11.8 Å². The topological polar surface area (TPSA) is 43.8 Å². The summed E-state index contributed by atoms with van der Waals surface area (Å²) < 4.78 is 0. The summed E-state index contributed by atoms with van der Waals surface area (Å²) in [5, 5.41) is 8.89. The van der Waals surface area contributed by atoms with Gasteiger partial charge in [0.05, 0.1) is 0 Å². The predicted molar refractivity (Wildman–Crippen MR) is 60.0 cm³/mol. The first-order chi connectivity index (χ1) is 7.15. The normalized spacial score (nSPS) is 21.5. The summed E-state index contributed by atoms with van der Waals surface area (Å²) in [6.45, 7) is 8.92. The Labute approximate surface area is 91.9 Å². The molecule has 1 heterocycles. The maximum atomic E-state index is 10.8. The van der Waals surface area contributed by atoms with Crippen LogP contribution < -0.4 is 0 Å². The zero-order valence-electron chi connectivity index (χ0n) is 9.78. The molecule has 0 aromatic heterocycles. The van der Waals surface area contributed by atoms with Crippen molar-refractivity contribution in [3.8, 4) is 0 Å². The van der Waals surface area contributed by atoms with Crippen LogP contribution in [0.1, 0.15) is 26.7 Å². The van der Waals surface area contributed by atoms with Gasteiger partial charge in [0.2, 0.25) is 0 Å². The Bertz CT molecular complexity index is 201. The summed E-state index contributed by atoms with van der Waals surface area (Å²) >= 11 is 0. The summed E-state index contributed by atoms with van der Waals surface area (Å²) in [6.07, 6.45) is 2.47. The van der Waals surface area contributed by atoms with Gasteiger partial charge in [-0.2, -0.15) is 0 Å². The molecule has 0 saturated carbocycles. The van der Waals surface area contributed by atoms with Crippen molar-refractivity contribution in [3.63, 3.8) is 0 Å². The second-order valence-corrected chi connectivity index (χ2v) is 4.25. The highest BCUT2D eigenvalue weighted by atomic mass is 16.4. The Hall–Kier alpha value is -0.610. The molecule has 1 rings (SSSR count). The molecule has 88 valence electrons. The smallest absolute Gasteiger partial charge is 0.320 e. The Kier molecular flexibility index (Phi) is 5.05. The van der Waals surface area contributed by atoms with Crippen LogP contribution in [0.25, 0.3) is 0 Å². The summed E-state index contributed by atoms with van der Waals surface area (Å²) in [6, 6.07) is -0.335. The molecule has 15 heavy (non-hydrogen) atoms. The number of unbranched alkanes of at least 4 members (excludes halogenated alkanes) is 1. The average molecular weight is 214 g/mol. The van der Waals surface area contributed by atoms with Gasteiger partial charge in [-0.25, -0.2) is 0 Å². The van der Waals surface area contributed by atoms with E-state index in [0.717, 1.165) is 32.7 Å². The van der Waals surface area contributed by atoms with Gasteiger partial charge in [-0.05, 0) is 19.9 Å². The second kappa shape index (κ2) is 6.08. The maximum Gasteiger partial charge on any atom is 0.320 e. The maximum absolute atomic E-state index is 10.8. The lowest BCUT2D eigenvalue weighted by Crippen LogP contribution is -2.51. The number of piperazine rings is 1. The van der Waals surface area contributed by atoms with Crippen LogP contribution in [0.15, 0.2) is 0 Å². The van der Waals surface area contributed by atoms with E-state index in [9.17, 15) is 4.79 Å². The van der Waals surface area contributed by atoms with E-state index in [1.165, 1.54) is 12.8 Å². The summed E-state index contributed by atoms with van der Waals surface area (Å²) in [5.74, 6) is -0.711. The lowest BCUT2D eigenvalue weighted by molar-refractivity contribution is -0.143. The van der Waals surface area contributed by atoms with Crippen LogP contribution in [-0.2, 0) is 4.79 Å². The van der Waals surface area contributed by atoms with E-state index in [1.807, 2.05) is 4.90 Å². The minimum Gasteiger partial charge on any atom is -0.480 e. The van der Waals surface area contributed by atoms with Crippen LogP contribution in [0, 0.1) is 0 Å². The molecule has 1 fully saturated rings. The molecule has 0 bridgehead atoms. The first-order valence-corrected chi connectivity index (χ1v) is 5.84. The highest BCUT2D eigenvalue weighted by Crippen LogP contribution is 2.07. The van der Waals surface area contributed by atoms with Crippen LogP contribution in [0.2, 0.25) is 0 Å². The molecular weight excluding hydrogens is 192 g/mol. The molecule has 1 aliphatic heterocycles. The number of carboxylic acids is 1. The van der Waals surface area contributed by atoms with E-state index >= 15 is 0 Å². The van der Waals surface area contributed by atoms with Crippen molar-refractivity contribution in [2.75, 3.05) is 32.7 Å². The highest BCUT2D eigenvalue weighted by Gasteiger charge is 2.24. The van der Waals surface area contributed by atoms with Crippen molar-refractivity contribution < 1.29 is 9.90 Å². The zero-order chi connectivity index (χ0) is 11.3. The van der Waals surface area contributed by atoms with Crippen LogP contribution in [0.5, 0.6) is 0 Å². The van der Waals surface area contributed by atoms with Crippen LogP contribution in [0.4, 0.5) is 0 Å². The largest absolute Gasteiger partial charge is 0.480 e. The molecule has 1 saturated heterocycles. The molecule has 0 aromatic rings. The molecule has 0 amide bonds. The average Bonchev–Trinajstić information content (AvgIpc) is 2.26. The van der Waals surface area contributed by atoms with Gasteiger partial charge in [0.1, 0.15) is 6.04 Å². The van der Waals surface area contributed by atoms with E-state index in [-0.39, 0.29) is 6.04 Å².